The van der Waals surface area contributed by atoms with Crippen molar-refractivity contribution in [3.63, 3.8) is 0 Å². The predicted octanol–water partition coefficient (Wildman–Crippen LogP) is 1.86. The number of likely N-dealkylation sites (tertiary alicyclic amines) is 1. The smallest absolute Gasteiger partial charge is 0.355 e. The largest absolute Gasteiger partial charge is 0.401 e. The average molecular weight is 321 g/mol. The molecule has 0 aromatic carbocycles. The van der Waals surface area contributed by atoms with Crippen molar-refractivity contribution in [1.82, 2.24) is 15.1 Å². The number of hydrogen-bond donors (Lipinski definition) is 1. The van der Waals surface area contributed by atoms with E-state index in [-0.39, 0.29) is 17.9 Å². The summed E-state index contributed by atoms with van der Waals surface area (Å²) in [7, 11) is 0. The first-order valence-electron chi connectivity index (χ1n) is 8.20. The van der Waals surface area contributed by atoms with E-state index in [1.807, 2.05) is 0 Å². The van der Waals surface area contributed by atoms with Crippen molar-refractivity contribution in [1.29, 1.82) is 0 Å². The van der Waals surface area contributed by atoms with Gasteiger partial charge in [0.25, 0.3) is 0 Å². The molecule has 7 heteroatoms. The number of hydrogen-bond acceptors (Lipinski definition) is 3. The highest BCUT2D eigenvalue weighted by molar-refractivity contribution is 5.81. The van der Waals surface area contributed by atoms with Gasteiger partial charge in [-0.25, -0.2) is 0 Å². The molecule has 0 spiro atoms. The summed E-state index contributed by atoms with van der Waals surface area (Å²) in [5.41, 5.74) is 0. The molecule has 0 aliphatic carbocycles. The Hall–Kier alpha value is -0.820. The van der Waals surface area contributed by atoms with Crippen LogP contribution in [0.5, 0.6) is 0 Å². The Labute approximate surface area is 130 Å². The number of carbonyl (C=O) groups excluding carboxylic acids is 1. The SMILES string of the molecule is CCN(C[C@H]1CCN([C@H]2CCCCNC2=O)C1)CC(F)(F)F. The first-order chi connectivity index (χ1) is 10.4. The highest BCUT2D eigenvalue weighted by Gasteiger charge is 2.35. The van der Waals surface area contributed by atoms with Crippen LogP contribution < -0.4 is 5.32 Å². The zero-order chi connectivity index (χ0) is 16.2. The summed E-state index contributed by atoms with van der Waals surface area (Å²) >= 11 is 0. The van der Waals surface area contributed by atoms with Crippen molar-refractivity contribution in [2.75, 3.05) is 39.3 Å². The van der Waals surface area contributed by atoms with Crippen molar-refractivity contribution >= 4 is 5.91 Å². The molecule has 2 aliphatic heterocycles. The third-order valence-corrected chi connectivity index (χ3v) is 4.63. The molecule has 2 heterocycles. The summed E-state index contributed by atoms with van der Waals surface area (Å²) in [6.45, 7) is 4.06. The third-order valence-electron chi connectivity index (χ3n) is 4.63. The quantitative estimate of drug-likeness (QED) is 0.839. The Balaban J connectivity index is 1.85. The standard InChI is InChI=1S/C15H26F3N3O/c1-2-20(11-15(16,17)18)9-12-6-8-21(10-12)13-5-3-4-7-19-14(13)22/h12-13H,2-11H2,1H3,(H,19,22)/t12-,13+/m1/s1. The fourth-order valence-corrected chi connectivity index (χ4v) is 3.49. The van der Waals surface area contributed by atoms with Gasteiger partial charge < -0.3 is 5.32 Å². The summed E-state index contributed by atoms with van der Waals surface area (Å²) in [5.74, 6) is 0.305. The van der Waals surface area contributed by atoms with Crippen LogP contribution in [0, 0.1) is 5.92 Å². The zero-order valence-electron chi connectivity index (χ0n) is 13.2. The first-order valence-corrected chi connectivity index (χ1v) is 8.20. The molecule has 22 heavy (non-hydrogen) atoms. The molecule has 2 fully saturated rings. The molecule has 0 radical (unpaired) electrons. The number of halogens is 3. The molecule has 1 N–H and O–H groups in total. The molecule has 128 valence electrons. The summed E-state index contributed by atoms with van der Waals surface area (Å²) < 4.78 is 37.6. The van der Waals surface area contributed by atoms with E-state index in [0.29, 0.717) is 13.1 Å². The van der Waals surface area contributed by atoms with Crippen molar-refractivity contribution in [2.45, 2.75) is 44.8 Å². The van der Waals surface area contributed by atoms with Crippen LogP contribution in [0.1, 0.15) is 32.6 Å². The predicted molar refractivity (Wildman–Crippen MR) is 78.5 cm³/mol. The summed E-state index contributed by atoms with van der Waals surface area (Å²) in [6.07, 6.45) is -0.374. The second-order valence-corrected chi connectivity index (χ2v) is 6.40. The molecule has 2 aliphatic rings. The minimum absolute atomic E-state index is 0.0841. The Morgan fingerprint density at radius 1 is 1.32 bits per heavy atom. The topological polar surface area (TPSA) is 35.6 Å². The van der Waals surface area contributed by atoms with E-state index in [9.17, 15) is 18.0 Å². The van der Waals surface area contributed by atoms with Gasteiger partial charge in [0.05, 0.1) is 12.6 Å². The maximum atomic E-state index is 12.5. The number of amides is 1. The molecule has 2 rings (SSSR count). The summed E-state index contributed by atoms with van der Waals surface area (Å²) in [5, 5.41) is 2.93. The van der Waals surface area contributed by atoms with Gasteiger partial charge in [-0.05, 0) is 44.7 Å². The van der Waals surface area contributed by atoms with E-state index in [1.165, 1.54) is 4.90 Å². The van der Waals surface area contributed by atoms with Crippen molar-refractivity contribution in [3.05, 3.63) is 0 Å². The maximum Gasteiger partial charge on any atom is 0.401 e. The second kappa shape index (κ2) is 7.64. The van der Waals surface area contributed by atoms with Crippen LogP contribution in [0.25, 0.3) is 0 Å². The minimum Gasteiger partial charge on any atom is -0.355 e. The van der Waals surface area contributed by atoms with Crippen LogP contribution in [0.3, 0.4) is 0 Å². The van der Waals surface area contributed by atoms with Crippen LogP contribution in [0.2, 0.25) is 0 Å². The fourth-order valence-electron chi connectivity index (χ4n) is 3.49. The molecular formula is C15H26F3N3O. The molecule has 1 amide bonds. The zero-order valence-corrected chi connectivity index (χ0v) is 13.2. The van der Waals surface area contributed by atoms with Gasteiger partial charge in [0.2, 0.25) is 5.91 Å². The number of carbonyl (C=O) groups is 1. The highest BCUT2D eigenvalue weighted by Crippen LogP contribution is 2.24. The normalized spacial score (nSPS) is 28.0. The van der Waals surface area contributed by atoms with Crippen LogP contribution in [-0.4, -0.2) is 67.2 Å². The highest BCUT2D eigenvalue weighted by atomic mass is 19.4. The Morgan fingerprint density at radius 3 is 2.77 bits per heavy atom. The number of rotatable bonds is 5. The molecule has 2 atom stereocenters. The second-order valence-electron chi connectivity index (χ2n) is 6.40. The molecular weight excluding hydrogens is 295 g/mol. The van der Waals surface area contributed by atoms with Crippen LogP contribution >= 0.6 is 0 Å². The van der Waals surface area contributed by atoms with Gasteiger partial charge >= 0.3 is 6.18 Å². The lowest BCUT2D eigenvalue weighted by Crippen LogP contribution is -2.45. The lowest BCUT2D eigenvalue weighted by Gasteiger charge is -2.27. The van der Waals surface area contributed by atoms with Gasteiger partial charge in [0, 0.05) is 19.6 Å². The van der Waals surface area contributed by atoms with Gasteiger partial charge in [0.1, 0.15) is 0 Å². The van der Waals surface area contributed by atoms with Crippen molar-refractivity contribution in [3.8, 4) is 0 Å². The van der Waals surface area contributed by atoms with E-state index in [4.69, 9.17) is 0 Å². The third kappa shape index (κ3) is 5.12. The molecule has 0 aromatic heterocycles. The van der Waals surface area contributed by atoms with Crippen LogP contribution in [-0.2, 0) is 4.79 Å². The van der Waals surface area contributed by atoms with Crippen molar-refractivity contribution < 1.29 is 18.0 Å². The van der Waals surface area contributed by atoms with E-state index >= 15 is 0 Å². The Bertz CT molecular complexity index is 376. The molecule has 2 saturated heterocycles. The van der Waals surface area contributed by atoms with E-state index in [0.717, 1.165) is 45.3 Å². The fraction of sp³-hybridized carbons (Fsp3) is 0.933. The Morgan fingerprint density at radius 2 is 2.09 bits per heavy atom. The van der Waals surface area contributed by atoms with Gasteiger partial charge in [0.15, 0.2) is 0 Å². The Kier molecular flexibility index (Phi) is 6.09. The first kappa shape index (κ1) is 17.5. The van der Waals surface area contributed by atoms with Gasteiger partial charge in [-0.2, -0.15) is 13.2 Å². The van der Waals surface area contributed by atoms with Crippen molar-refractivity contribution in [2.24, 2.45) is 5.92 Å². The number of nitrogens with one attached hydrogen (secondary N) is 1. The number of alkyl halides is 3. The molecule has 0 saturated carbocycles. The van der Waals surface area contributed by atoms with Gasteiger partial charge in [-0.15, -0.1) is 0 Å². The molecule has 4 nitrogen and oxygen atoms in total. The van der Waals surface area contributed by atoms with Gasteiger partial charge in [-0.1, -0.05) is 6.92 Å². The average Bonchev–Trinajstić information content (AvgIpc) is 2.77. The summed E-state index contributed by atoms with van der Waals surface area (Å²) in [4.78, 5) is 15.7. The summed E-state index contributed by atoms with van der Waals surface area (Å²) in [6, 6.07) is -0.0924. The monoisotopic (exact) mass is 321 g/mol. The molecule has 0 unspecified atom stereocenters. The lowest BCUT2D eigenvalue weighted by atomic mass is 10.1. The molecule has 0 aromatic rings. The maximum absolute atomic E-state index is 12.5. The molecule has 0 bridgehead atoms. The van der Waals surface area contributed by atoms with Crippen LogP contribution in [0.15, 0.2) is 0 Å². The minimum atomic E-state index is -4.14. The van der Waals surface area contributed by atoms with Crippen LogP contribution in [0.4, 0.5) is 13.2 Å². The lowest BCUT2D eigenvalue weighted by molar-refractivity contribution is -0.146. The van der Waals surface area contributed by atoms with E-state index < -0.39 is 12.7 Å². The van der Waals surface area contributed by atoms with Gasteiger partial charge in [-0.3, -0.25) is 14.6 Å². The van der Waals surface area contributed by atoms with E-state index in [2.05, 4.69) is 10.2 Å². The van der Waals surface area contributed by atoms with E-state index in [1.54, 1.807) is 6.92 Å². The number of nitrogens with zero attached hydrogens (tertiary/aromatic N) is 2.